The molecular formula is C15H24ClN. The van der Waals surface area contributed by atoms with Crippen molar-refractivity contribution >= 4 is 11.6 Å². The average molecular weight is 254 g/mol. The zero-order valence-electron chi connectivity index (χ0n) is 11.3. The Kier molecular flexibility index (Phi) is 6.01. The fourth-order valence-corrected chi connectivity index (χ4v) is 2.07. The maximum Gasteiger partial charge on any atom is 0.0408 e. The lowest BCUT2D eigenvalue weighted by Gasteiger charge is -2.21. The summed E-state index contributed by atoms with van der Waals surface area (Å²) in [5.74, 6) is 1.34. The number of hydrogen-bond acceptors (Lipinski definition) is 1. The van der Waals surface area contributed by atoms with E-state index in [1.807, 2.05) is 12.1 Å². The molecule has 0 radical (unpaired) electrons. The van der Waals surface area contributed by atoms with Gasteiger partial charge in [0.2, 0.25) is 0 Å². The summed E-state index contributed by atoms with van der Waals surface area (Å²) in [4.78, 5) is 0. The molecular weight excluding hydrogens is 230 g/mol. The van der Waals surface area contributed by atoms with E-state index in [0.29, 0.717) is 17.9 Å². The van der Waals surface area contributed by atoms with E-state index in [9.17, 15) is 0 Å². The van der Waals surface area contributed by atoms with Crippen LogP contribution in [-0.2, 0) is 6.42 Å². The topological polar surface area (TPSA) is 12.0 Å². The van der Waals surface area contributed by atoms with Crippen molar-refractivity contribution in [2.24, 2.45) is 11.8 Å². The molecule has 0 saturated heterocycles. The highest BCUT2D eigenvalue weighted by Crippen LogP contribution is 2.19. The zero-order chi connectivity index (χ0) is 12.8. The van der Waals surface area contributed by atoms with Gasteiger partial charge in [0.15, 0.2) is 0 Å². The molecule has 1 N–H and O–H groups in total. The second kappa shape index (κ2) is 7.03. The van der Waals surface area contributed by atoms with Crippen LogP contribution in [0.1, 0.15) is 33.3 Å². The van der Waals surface area contributed by atoms with E-state index in [4.69, 9.17) is 11.6 Å². The molecule has 0 amide bonds. The van der Waals surface area contributed by atoms with Crippen molar-refractivity contribution in [3.8, 4) is 0 Å². The summed E-state index contributed by atoms with van der Waals surface area (Å²) >= 11 is 6.00. The smallest absolute Gasteiger partial charge is 0.0408 e. The van der Waals surface area contributed by atoms with Crippen LogP contribution in [0.25, 0.3) is 0 Å². The molecule has 0 heterocycles. The summed E-state index contributed by atoms with van der Waals surface area (Å²) in [6, 6.07) is 8.75. The van der Waals surface area contributed by atoms with Crippen LogP contribution >= 0.6 is 11.6 Å². The fourth-order valence-electron chi connectivity index (χ4n) is 1.86. The van der Waals surface area contributed by atoms with Gasteiger partial charge in [-0.05, 0) is 42.5 Å². The van der Waals surface area contributed by atoms with Gasteiger partial charge in [-0.25, -0.2) is 0 Å². The molecule has 0 bridgehead atoms. The highest BCUT2D eigenvalue weighted by atomic mass is 35.5. The van der Waals surface area contributed by atoms with Gasteiger partial charge in [0.05, 0.1) is 0 Å². The molecule has 0 aromatic heterocycles. The van der Waals surface area contributed by atoms with Gasteiger partial charge in [0, 0.05) is 11.1 Å². The molecule has 0 fully saturated rings. The number of benzene rings is 1. The highest BCUT2D eigenvalue weighted by Gasteiger charge is 2.13. The van der Waals surface area contributed by atoms with E-state index in [1.54, 1.807) is 0 Å². The summed E-state index contributed by atoms with van der Waals surface area (Å²) in [6.45, 7) is 10.1. The first-order chi connectivity index (χ1) is 7.99. The van der Waals surface area contributed by atoms with Gasteiger partial charge < -0.3 is 5.32 Å². The van der Waals surface area contributed by atoms with E-state index >= 15 is 0 Å². The fraction of sp³-hybridized carbons (Fsp3) is 0.600. The lowest BCUT2D eigenvalue weighted by atomic mass is 9.89. The van der Waals surface area contributed by atoms with Crippen molar-refractivity contribution in [1.29, 1.82) is 0 Å². The average Bonchev–Trinajstić information content (AvgIpc) is 2.25. The van der Waals surface area contributed by atoms with Crippen molar-refractivity contribution < 1.29 is 0 Å². The minimum absolute atomic E-state index is 0.566. The minimum atomic E-state index is 0.566. The van der Waals surface area contributed by atoms with Crippen LogP contribution < -0.4 is 5.32 Å². The molecule has 2 unspecified atom stereocenters. The van der Waals surface area contributed by atoms with E-state index in [-0.39, 0.29) is 0 Å². The predicted octanol–water partition coefficient (Wildman–Crippen LogP) is 4.15. The van der Waals surface area contributed by atoms with Crippen molar-refractivity contribution in [3.05, 3.63) is 34.9 Å². The third kappa shape index (κ3) is 5.56. The molecule has 1 aromatic rings. The SMILES string of the molecule is CC(C)NCC(C)C(C)Cc1cccc(Cl)c1. The normalized spacial score (nSPS) is 14.9. The molecule has 2 heteroatoms. The molecule has 17 heavy (non-hydrogen) atoms. The van der Waals surface area contributed by atoms with Crippen LogP contribution in [0, 0.1) is 11.8 Å². The molecule has 0 spiro atoms. The first-order valence-electron chi connectivity index (χ1n) is 6.47. The summed E-state index contributed by atoms with van der Waals surface area (Å²) in [7, 11) is 0. The van der Waals surface area contributed by atoms with Gasteiger partial charge in [-0.1, -0.05) is 51.4 Å². The van der Waals surface area contributed by atoms with Crippen molar-refractivity contribution in [2.45, 2.75) is 40.2 Å². The second-order valence-electron chi connectivity index (χ2n) is 5.35. The zero-order valence-corrected chi connectivity index (χ0v) is 12.1. The van der Waals surface area contributed by atoms with E-state index < -0.39 is 0 Å². The lowest BCUT2D eigenvalue weighted by Crippen LogP contribution is -2.31. The van der Waals surface area contributed by atoms with Gasteiger partial charge in [-0.15, -0.1) is 0 Å². The van der Waals surface area contributed by atoms with Crippen LogP contribution in [0.15, 0.2) is 24.3 Å². The molecule has 0 aliphatic heterocycles. The van der Waals surface area contributed by atoms with Gasteiger partial charge in [0.1, 0.15) is 0 Å². The molecule has 1 aromatic carbocycles. The molecule has 0 saturated carbocycles. The number of halogens is 1. The molecule has 0 aliphatic carbocycles. The summed E-state index contributed by atoms with van der Waals surface area (Å²) < 4.78 is 0. The maximum atomic E-state index is 6.00. The first-order valence-corrected chi connectivity index (χ1v) is 6.84. The maximum absolute atomic E-state index is 6.00. The monoisotopic (exact) mass is 253 g/mol. The van der Waals surface area contributed by atoms with Crippen molar-refractivity contribution in [3.63, 3.8) is 0 Å². The van der Waals surface area contributed by atoms with Crippen LogP contribution in [0.4, 0.5) is 0 Å². The summed E-state index contributed by atoms with van der Waals surface area (Å²) in [5, 5.41) is 4.33. The molecule has 1 nitrogen and oxygen atoms in total. The summed E-state index contributed by atoms with van der Waals surface area (Å²) in [5.41, 5.74) is 1.33. The van der Waals surface area contributed by atoms with E-state index in [2.05, 4.69) is 45.1 Å². The third-order valence-electron chi connectivity index (χ3n) is 3.27. The predicted molar refractivity (Wildman–Crippen MR) is 76.6 cm³/mol. The first kappa shape index (κ1) is 14.5. The van der Waals surface area contributed by atoms with Crippen molar-refractivity contribution in [2.75, 3.05) is 6.54 Å². The Hall–Kier alpha value is -0.530. The van der Waals surface area contributed by atoms with Crippen LogP contribution in [0.3, 0.4) is 0 Å². The number of hydrogen-bond donors (Lipinski definition) is 1. The van der Waals surface area contributed by atoms with Crippen molar-refractivity contribution in [1.82, 2.24) is 5.32 Å². The van der Waals surface area contributed by atoms with Crippen LogP contribution in [-0.4, -0.2) is 12.6 Å². The molecule has 96 valence electrons. The van der Waals surface area contributed by atoms with E-state index in [1.165, 1.54) is 5.56 Å². The quantitative estimate of drug-likeness (QED) is 0.803. The Balaban J connectivity index is 2.45. The van der Waals surface area contributed by atoms with Crippen LogP contribution in [0.5, 0.6) is 0 Å². The Morgan fingerprint density at radius 1 is 1.12 bits per heavy atom. The van der Waals surface area contributed by atoms with Gasteiger partial charge in [-0.2, -0.15) is 0 Å². The third-order valence-corrected chi connectivity index (χ3v) is 3.50. The minimum Gasteiger partial charge on any atom is -0.314 e. The van der Waals surface area contributed by atoms with Crippen LogP contribution in [0.2, 0.25) is 5.02 Å². The van der Waals surface area contributed by atoms with Gasteiger partial charge in [-0.3, -0.25) is 0 Å². The Morgan fingerprint density at radius 3 is 2.41 bits per heavy atom. The number of rotatable bonds is 6. The van der Waals surface area contributed by atoms with Gasteiger partial charge in [0.25, 0.3) is 0 Å². The number of nitrogens with one attached hydrogen (secondary N) is 1. The molecule has 2 atom stereocenters. The molecule has 1 rings (SSSR count). The largest absolute Gasteiger partial charge is 0.314 e. The molecule has 0 aliphatic rings. The highest BCUT2D eigenvalue weighted by molar-refractivity contribution is 6.30. The standard InChI is InChI=1S/C15H24ClN/c1-11(2)17-10-13(4)12(3)8-14-6-5-7-15(16)9-14/h5-7,9,11-13,17H,8,10H2,1-4H3. The van der Waals surface area contributed by atoms with E-state index in [0.717, 1.165) is 18.0 Å². The lowest BCUT2D eigenvalue weighted by molar-refractivity contribution is 0.354. The Morgan fingerprint density at radius 2 is 1.82 bits per heavy atom. The Labute approximate surface area is 111 Å². The Bertz CT molecular complexity index is 335. The summed E-state index contributed by atoms with van der Waals surface area (Å²) in [6.07, 6.45) is 1.10. The van der Waals surface area contributed by atoms with Gasteiger partial charge >= 0.3 is 0 Å². The second-order valence-corrected chi connectivity index (χ2v) is 5.79.